The Balaban J connectivity index is 1.20. The van der Waals surface area contributed by atoms with Gasteiger partial charge in [-0.05, 0) is 74.0 Å². The molecule has 0 aliphatic heterocycles. The second-order valence-electron chi connectivity index (χ2n) is 9.38. The quantitative estimate of drug-likeness (QED) is 0.152. The molecule has 1 atom stereocenters. The zero-order valence-electron chi connectivity index (χ0n) is 22.1. The first-order chi connectivity index (χ1) is 20.0. The van der Waals surface area contributed by atoms with Gasteiger partial charge in [0.1, 0.15) is 30.5 Å². The Hall–Kier alpha value is -4.72. The smallest absolute Gasteiger partial charge is 0.224 e. The van der Waals surface area contributed by atoms with E-state index < -0.39 is 11.1 Å². The van der Waals surface area contributed by atoms with Gasteiger partial charge >= 0.3 is 0 Å². The van der Waals surface area contributed by atoms with Crippen LogP contribution in [0.3, 0.4) is 0 Å². The number of hydrogen-bond donors (Lipinski definition) is 3. The number of rotatable bonds is 11. The van der Waals surface area contributed by atoms with Crippen LogP contribution in [0.5, 0.6) is 11.6 Å². The van der Waals surface area contributed by atoms with Gasteiger partial charge in [-0.3, -0.25) is 4.40 Å². The number of nitrogens with one attached hydrogen (secondary N) is 2. The van der Waals surface area contributed by atoms with E-state index in [0.29, 0.717) is 42.6 Å². The summed E-state index contributed by atoms with van der Waals surface area (Å²) in [5, 5.41) is 15.6. The number of nitrogens with zero attached hydrogens (tertiary/aromatic N) is 7. The van der Waals surface area contributed by atoms with Crippen molar-refractivity contribution >= 4 is 39.1 Å². The molecule has 41 heavy (non-hydrogen) atoms. The van der Waals surface area contributed by atoms with Gasteiger partial charge in [0.2, 0.25) is 5.88 Å². The lowest BCUT2D eigenvalue weighted by Gasteiger charge is -2.14. The van der Waals surface area contributed by atoms with E-state index in [4.69, 9.17) is 9.29 Å². The molecule has 0 aliphatic carbocycles. The first kappa shape index (κ1) is 26.5. The fraction of sp³-hybridized carbons (Fsp3) is 0.179. The Morgan fingerprint density at radius 2 is 1.98 bits per heavy atom. The van der Waals surface area contributed by atoms with Crippen molar-refractivity contribution in [1.29, 1.82) is 0 Å². The Morgan fingerprint density at radius 3 is 2.85 bits per heavy atom. The molecule has 0 saturated heterocycles. The van der Waals surface area contributed by atoms with Crippen molar-refractivity contribution in [2.75, 3.05) is 17.6 Å². The van der Waals surface area contributed by atoms with Crippen LogP contribution in [-0.2, 0) is 17.6 Å². The predicted octanol–water partition coefficient (Wildman–Crippen LogP) is 4.40. The highest BCUT2D eigenvalue weighted by molar-refractivity contribution is 7.79. The van der Waals surface area contributed by atoms with Crippen molar-refractivity contribution < 1.29 is 13.5 Å². The number of aryl methyl sites for hydroxylation is 1. The highest BCUT2D eigenvalue weighted by Crippen LogP contribution is 2.30. The maximum Gasteiger partial charge on any atom is 0.224 e. The molecule has 1 unspecified atom stereocenters. The molecule has 2 aromatic carbocycles. The first-order valence-electron chi connectivity index (χ1n) is 12.9. The van der Waals surface area contributed by atoms with Crippen molar-refractivity contribution in [1.82, 2.24) is 39.4 Å². The summed E-state index contributed by atoms with van der Waals surface area (Å²) < 4.78 is 29.6. The lowest BCUT2D eigenvalue weighted by atomic mass is 10.1. The van der Waals surface area contributed by atoms with Crippen molar-refractivity contribution in [3.63, 3.8) is 0 Å². The number of fused-ring (bicyclic) bond motifs is 2. The van der Waals surface area contributed by atoms with E-state index in [1.165, 1.54) is 0 Å². The summed E-state index contributed by atoms with van der Waals surface area (Å²) in [6.07, 6.45) is 7.39. The molecule has 0 saturated carbocycles. The third-order valence-corrected chi connectivity index (χ3v) is 7.16. The minimum atomic E-state index is -1.76. The number of hydrogen-bond acceptors (Lipinski definition) is 9. The van der Waals surface area contributed by atoms with Gasteiger partial charge in [-0.2, -0.15) is 0 Å². The average Bonchev–Trinajstić information content (AvgIpc) is 3.64. The van der Waals surface area contributed by atoms with Gasteiger partial charge in [0, 0.05) is 41.3 Å². The van der Waals surface area contributed by atoms with Crippen LogP contribution in [0.4, 0.5) is 11.5 Å². The number of benzene rings is 2. The van der Waals surface area contributed by atoms with Gasteiger partial charge in [0.15, 0.2) is 16.7 Å². The van der Waals surface area contributed by atoms with Crippen LogP contribution in [0, 0.1) is 6.92 Å². The predicted molar refractivity (Wildman–Crippen MR) is 156 cm³/mol. The van der Waals surface area contributed by atoms with Crippen LogP contribution in [0.1, 0.15) is 17.7 Å². The molecular weight excluding hydrogens is 542 g/mol. The molecule has 0 aliphatic rings. The Kier molecular flexibility index (Phi) is 7.63. The van der Waals surface area contributed by atoms with Crippen LogP contribution >= 0.6 is 0 Å². The molecule has 0 spiro atoms. The van der Waals surface area contributed by atoms with Crippen LogP contribution in [0.25, 0.3) is 22.2 Å². The second-order valence-corrected chi connectivity index (χ2v) is 10.4. The lowest BCUT2D eigenvalue weighted by Crippen LogP contribution is -2.18. The van der Waals surface area contributed by atoms with Crippen LogP contribution < -0.4 is 15.4 Å². The van der Waals surface area contributed by atoms with Crippen LogP contribution in [0.15, 0.2) is 79.8 Å². The summed E-state index contributed by atoms with van der Waals surface area (Å²) in [5.41, 5.74) is 5.31. The van der Waals surface area contributed by atoms with E-state index in [1.807, 2.05) is 55.6 Å². The molecule has 3 N–H and O–H groups in total. The molecule has 0 bridgehead atoms. The molecule has 6 rings (SSSR count). The largest absolute Gasteiger partial charge is 0.439 e. The fourth-order valence-corrected chi connectivity index (χ4v) is 4.89. The molecule has 6 aromatic rings. The van der Waals surface area contributed by atoms with Gasteiger partial charge in [-0.1, -0.05) is 0 Å². The van der Waals surface area contributed by atoms with E-state index in [0.717, 1.165) is 33.5 Å². The highest BCUT2D eigenvalue weighted by Gasteiger charge is 2.11. The molecular formula is C28H27N9O3S. The van der Waals surface area contributed by atoms with Gasteiger partial charge in [0.05, 0.1) is 11.3 Å². The third-order valence-electron chi connectivity index (χ3n) is 6.52. The number of anilines is 2. The monoisotopic (exact) mass is 569 g/mol. The SMILES string of the molecule is Cc1cc(Nc2ncnc3ccc(-n4cccc4CNCCCS(=O)O)cc23)ccc1Oc1cc2nncn2cn1. The van der Waals surface area contributed by atoms with E-state index in [9.17, 15) is 4.21 Å². The first-order valence-corrected chi connectivity index (χ1v) is 14.2. The van der Waals surface area contributed by atoms with Crippen molar-refractivity contribution in [3.05, 3.63) is 91.0 Å². The van der Waals surface area contributed by atoms with Crippen LogP contribution in [-0.4, -0.2) is 55.2 Å². The number of aromatic nitrogens is 7. The van der Waals surface area contributed by atoms with Crippen LogP contribution in [0.2, 0.25) is 0 Å². The Morgan fingerprint density at radius 1 is 1.05 bits per heavy atom. The van der Waals surface area contributed by atoms with E-state index >= 15 is 0 Å². The summed E-state index contributed by atoms with van der Waals surface area (Å²) in [4.78, 5) is 13.3. The molecule has 0 radical (unpaired) electrons. The molecule has 208 valence electrons. The van der Waals surface area contributed by atoms with E-state index in [2.05, 4.69) is 46.4 Å². The Bertz CT molecular complexity index is 1850. The topological polar surface area (TPSA) is 144 Å². The van der Waals surface area contributed by atoms with Crippen molar-refractivity contribution in [2.45, 2.75) is 19.9 Å². The van der Waals surface area contributed by atoms with Crippen molar-refractivity contribution in [3.8, 4) is 17.3 Å². The fourth-order valence-electron chi connectivity index (χ4n) is 4.50. The standard InChI is InChI=1S/C28H27N9O3S/c1-19-12-20(5-8-25(19)40-27-14-26-35-33-18-36(26)17-32-27)34-28-23-13-21(6-7-24(23)30-16-31-28)37-10-2-4-22(37)15-29-9-3-11-41(38)39/h2,4-8,10,12-14,16-18,29H,3,9,11,15H2,1H3,(H,38,39)(H,30,31,34). The summed E-state index contributed by atoms with van der Waals surface area (Å²) in [6, 6.07) is 17.7. The minimum absolute atomic E-state index is 0.265. The zero-order chi connectivity index (χ0) is 28.2. The summed E-state index contributed by atoms with van der Waals surface area (Å²) >= 11 is -1.76. The average molecular weight is 570 g/mol. The van der Waals surface area contributed by atoms with Gasteiger partial charge in [-0.15, -0.1) is 10.2 Å². The maximum absolute atomic E-state index is 10.9. The van der Waals surface area contributed by atoms with Gasteiger partial charge < -0.3 is 24.5 Å². The molecule has 0 fully saturated rings. The summed E-state index contributed by atoms with van der Waals surface area (Å²) in [6.45, 7) is 3.26. The third kappa shape index (κ3) is 6.06. The van der Waals surface area contributed by atoms with E-state index in [1.54, 1.807) is 29.4 Å². The maximum atomic E-state index is 10.9. The second kappa shape index (κ2) is 11.8. The summed E-state index contributed by atoms with van der Waals surface area (Å²) in [5.74, 6) is 2.07. The zero-order valence-corrected chi connectivity index (χ0v) is 23.0. The molecule has 13 heteroatoms. The normalized spacial score (nSPS) is 12.1. The molecule has 0 amide bonds. The lowest BCUT2D eigenvalue weighted by molar-refractivity contribution is 0.458. The minimum Gasteiger partial charge on any atom is -0.439 e. The van der Waals surface area contributed by atoms with E-state index in [-0.39, 0.29) is 5.75 Å². The molecule has 4 aromatic heterocycles. The highest BCUT2D eigenvalue weighted by atomic mass is 32.2. The van der Waals surface area contributed by atoms with Crippen molar-refractivity contribution in [2.24, 2.45) is 0 Å². The Labute approximate surface area is 237 Å². The summed E-state index contributed by atoms with van der Waals surface area (Å²) in [7, 11) is 0. The molecule has 4 heterocycles. The molecule has 12 nitrogen and oxygen atoms in total. The van der Waals surface area contributed by atoms with Gasteiger partial charge in [0.25, 0.3) is 0 Å². The van der Waals surface area contributed by atoms with Gasteiger partial charge in [-0.25, -0.2) is 19.2 Å². The number of ether oxygens (including phenoxy) is 1.